The van der Waals surface area contributed by atoms with E-state index in [1.807, 2.05) is 25.1 Å². The lowest BCUT2D eigenvalue weighted by molar-refractivity contribution is 0.0538. The minimum absolute atomic E-state index is 0.0227. The summed E-state index contributed by atoms with van der Waals surface area (Å²) >= 11 is 0. The predicted octanol–water partition coefficient (Wildman–Crippen LogP) is 2.97. The smallest absolute Gasteiger partial charge is 0.251 e. The molecular formula is C17H26N2O2. The Balaban J connectivity index is 1.99. The van der Waals surface area contributed by atoms with Gasteiger partial charge in [-0.1, -0.05) is 0 Å². The van der Waals surface area contributed by atoms with Gasteiger partial charge in [0, 0.05) is 37.1 Å². The van der Waals surface area contributed by atoms with E-state index in [9.17, 15) is 4.79 Å². The highest BCUT2D eigenvalue weighted by atomic mass is 16.5. The van der Waals surface area contributed by atoms with Crippen molar-refractivity contribution in [2.45, 2.75) is 39.7 Å². The minimum atomic E-state index is 0.0227. The van der Waals surface area contributed by atoms with Gasteiger partial charge < -0.3 is 15.4 Å². The van der Waals surface area contributed by atoms with Gasteiger partial charge in [-0.15, -0.1) is 0 Å². The second-order valence-electron chi connectivity index (χ2n) is 5.77. The molecule has 4 heteroatoms. The Bertz CT molecular complexity index is 482. The Morgan fingerprint density at radius 3 is 2.71 bits per heavy atom. The molecule has 1 heterocycles. The maximum Gasteiger partial charge on any atom is 0.251 e. The summed E-state index contributed by atoms with van der Waals surface area (Å²) < 4.78 is 5.38. The van der Waals surface area contributed by atoms with Crippen LogP contribution in [0.15, 0.2) is 18.2 Å². The second-order valence-corrected chi connectivity index (χ2v) is 5.77. The number of carbonyl (C=O) groups excluding carboxylic acids is 1. The van der Waals surface area contributed by atoms with Gasteiger partial charge in [-0.2, -0.15) is 0 Å². The number of benzene rings is 1. The molecule has 1 unspecified atom stereocenters. The molecule has 0 aromatic heterocycles. The fourth-order valence-corrected chi connectivity index (χ4v) is 2.85. The van der Waals surface area contributed by atoms with Gasteiger partial charge in [0.2, 0.25) is 0 Å². The Morgan fingerprint density at radius 1 is 1.38 bits per heavy atom. The average molecular weight is 290 g/mol. The fourth-order valence-electron chi connectivity index (χ4n) is 2.85. The lowest BCUT2D eigenvalue weighted by Gasteiger charge is -2.28. The van der Waals surface area contributed by atoms with Gasteiger partial charge in [0.15, 0.2) is 0 Å². The van der Waals surface area contributed by atoms with E-state index in [4.69, 9.17) is 4.74 Å². The molecule has 0 bridgehead atoms. The third kappa shape index (κ3) is 4.21. The van der Waals surface area contributed by atoms with Crippen LogP contribution in [0.1, 0.15) is 42.6 Å². The third-order valence-electron chi connectivity index (χ3n) is 4.18. The fraction of sp³-hybridized carbons (Fsp3) is 0.588. The van der Waals surface area contributed by atoms with Gasteiger partial charge in [-0.25, -0.2) is 0 Å². The summed E-state index contributed by atoms with van der Waals surface area (Å²) in [5, 5.41) is 6.40. The van der Waals surface area contributed by atoms with Gasteiger partial charge >= 0.3 is 0 Å². The molecule has 21 heavy (non-hydrogen) atoms. The van der Waals surface area contributed by atoms with Crippen molar-refractivity contribution in [1.29, 1.82) is 0 Å². The van der Waals surface area contributed by atoms with E-state index in [1.165, 1.54) is 0 Å². The van der Waals surface area contributed by atoms with Crippen LogP contribution >= 0.6 is 0 Å². The number of aryl methyl sites for hydroxylation is 1. The normalized spacial score (nSPS) is 17.3. The minimum Gasteiger partial charge on any atom is -0.385 e. The average Bonchev–Trinajstić information content (AvgIpc) is 2.48. The van der Waals surface area contributed by atoms with Crippen LogP contribution in [0.4, 0.5) is 5.69 Å². The van der Waals surface area contributed by atoms with E-state index < -0.39 is 0 Å². The van der Waals surface area contributed by atoms with Crippen LogP contribution < -0.4 is 10.6 Å². The zero-order valence-corrected chi connectivity index (χ0v) is 13.2. The number of rotatable bonds is 5. The molecule has 0 spiro atoms. The molecule has 4 nitrogen and oxygen atoms in total. The van der Waals surface area contributed by atoms with Gasteiger partial charge in [0.1, 0.15) is 0 Å². The molecule has 1 atom stereocenters. The standard InChI is InChI=1S/C17H26N2O2/c1-4-18-15-5-6-16(12(2)11-15)17(20)19-13(3)14-7-9-21-10-8-14/h5-6,11,13-14,18H,4,7-10H2,1-3H3,(H,19,20). The number of carbonyl (C=O) groups is 1. The van der Waals surface area contributed by atoms with Crippen molar-refractivity contribution >= 4 is 11.6 Å². The molecule has 1 aliphatic heterocycles. The van der Waals surface area contributed by atoms with E-state index in [0.717, 1.165) is 49.4 Å². The van der Waals surface area contributed by atoms with Crippen LogP contribution in [0, 0.1) is 12.8 Å². The van der Waals surface area contributed by atoms with E-state index in [-0.39, 0.29) is 11.9 Å². The SMILES string of the molecule is CCNc1ccc(C(=O)NC(C)C2CCOCC2)c(C)c1. The van der Waals surface area contributed by atoms with E-state index >= 15 is 0 Å². The molecule has 2 N–H and O–H groups in total. The van der Waals surface area contributed by atoms with Crippen LogP contribution in [0.3, 0.4) is 0 Å². The van der Waals surface area contributed by atoms with Crippen molar-refractivity contribution in [3.63, 3.8) is 0 Å². The summed E-state index contributed by atoms with van der Waals surface area (Å²) in [6, 6.07) is 6.08. The maximum absolute atomic E-state index is 12.4. The van der Waals surface area contributed by atoms with Crippen LogP contribution in [0.25, 0.3) is 0 Å². The van der Waals surface area contributed by atoms with Gasteiger partial charge in [-0.3, -0.25) is 4.79 Å². The highest BCUT2D eigenvalue weighted by molar-refractivity contribution is 5.96. The predicted molar refractivity (Wildman–Crippen MR) is 85.8 cm³/mol. The monoisotopic (exact) mass is 290 g/mol. The molecule has 1 aromatic carbocycles. The molecule has 1 saturated heterocycles. The molecule has 1 aromatic rings. The Hall–Kier alpha value is -1.55. The summed E-state index contributed by atoms with van der Waals surface area (Å²) in [4.78, 5) is 12.4. The number of hydrogen-bond donors (Lipinski definition) is 2. The topological polar surface area (TPSA) is 50.4 Å². The molecule has 116 valence electrons. The van der Waals surface area contributed by atoms with E-state index in [2.05, 4.69) is 24.5 Å². The molecule has 0 radical (unpaired) electrons. The van der Waals surface area contributed by atoms with Crippen molar-refractivity contribution in [3.8, 4) is 0 Å². The zero-order chi connectivity index (χ0) is 15.2. The number of nitrogens with one attached hydrogen (secondary N) is 2. The van der Waals surface area contributed by atoms with Crippen molar-refractivity contribution in [2.24, 2.45) is 5.92 Å². The van der Waals surface area contributed by atoms with Gasteiger partial charge in [0.25, 0.3) is 5.91 Å². The highest BCUT2D eigenvalue weighted by Crippen LogP contribution is 2.20. The molecule has 2 rings (SSSR count). The molecule has 1 fully saturated rings. The van der Waals surface area contributed by atoms with E-state index in [0.29, 0.717) is 5.92 Å². The Kier molecular flexibility index (Phi) is 5.62. The summed E-state index contributed by atoms with van der Waals surface area (Å²) in [6.45, 7) is 8.63. The van der Waals surface area contributed by atoms with Crippen LogP contribution in [-0.2, 0) is 4.74 Å². The highest BCUT2D eigenvalue weighted by Gasteiger charge is 2.22. The largest absolute Gasteiger partial charge is 0.385 e. The Morgan fingerprint density at radius 2 is 2.10 bits per heavy atom. The van der Waals surface area contributed by atoms with Crippen molar-refractivity contribution in [1.82, 2.24) is 5.32 Å². The van der Waals surface area contributed by atoms with Crippen LogP contribution in [0.5, 0.6) is 0 Å². The van der Waals surface area contributed by atoms with Crippen molar-refractivity contribution < 1.29 is 9.53 Å². The number of anilines is 1. The maximum atomic E-state index is 12.4. The van der Waals surface area contributed by atoms with Crippen molar-refractivity contribution in [2.75, 3.05) is 25.1 Å². The molecule has 0 aliphatic carbocycles. The molecule has 0 saturated carbocycles. The molecule has 1 amide bonds. The second kappa shape index (κ2) is 7.46. The summed E-state index contributed by atoms with van der Waals surface area (Å²) in [7, 11) is 0. The molecular weight excluding hydrogens is 264 g/mol. The first-order valence-corrected chi connectivity index (χ1v) is 7.85. The first-order chi connectivity index (χ1) is 10.1. The van der Waals surface area contributed by atoms with Crippen LogP contribution in [0.2, 0.25) is 0 Å². The lowest BCUT2D eigenvalue weighted by atomic mass is 9.92. The summed E-state index contributed by atoms with van der Waals surface area (Å²) in [6.07, 6.45) is 2.06. The first-order valence-electron chi connectivity index (χ1n) is 7.85. The lowest BCUT2D eigenvalue weighted by Crippen LogP contribution is -2.40. The van der Waals surface area contributed by atoms with Crippen LogP contribution in [-0.4, -0.2) is 31.7 Å². The van der Waals surface area contributed by atoms with E-state index in [1.54, 1.807) is 0 Å². The third-order valence-corrected chi connectivity index (χ3v) is 4.18. The first kappa shape index (κ1) is 15.8. The number of hydrogen-bond acceptors (Lipinski definition) is 3. The zero-order valence-electron chi connectivity index (χ0n) is 13.2. The summed E-state index contributed by atoms with van der Waals surface area (Å²) in [5.74, 6) is 0.540. The quantitative estimate of drug-likeness (QED) is 0.876. The number of amides is 1. The molecule has 1 aliphatic rings. The number of ether oxygens (including phenoxy) is 1. The van der Waals surface area contributed by atoms with Gasteiger partial charge in [-0.05, 0) is 63.3 Å². The van der Waals surface area contributed by atoms with Crippen molar-refractivity contribution in [3.05, 3.63) is 29.3 Å². The summed E-state index contributed by atoms with van der Waals surface area (Å²) in [5.41, 5.74) is 2.82. The van der Waals surface area contributed by atoms with Gasteiger partial charge in [0.05, 0.1) is 0 Å². The Labute approximate surface area is 127 Å².